The van der Waals surface area contributed by atoms with Crippen molar-refractivity contribution in [1.29, 1.82) is 0 Å². The molecule has 0 nitrogen and oxygen atoms in total. The van der Waals surface area contributed by atoms with Gasteiger partial charge in [0, 0.05) is 0 Å². The van der Waals surface area contributed by atoms with E-state index in [0.29, 0.717) is 5.92 Å². The van der Waals surface area contributed by atoms with Gasteiger partial charge in [0.05, 0.1) is 15.7 Å². The fraction of sp³-hybridized carbons (Fsp3) is 1.00. The first kappa shape index (κ1) is 7.76. The maximum Gasteiger partial charge on any atom is 0.0620 e. The molecule has 0 aromatic rings. The van der Waals surface area contributed by atoms with Gasteiger partial charge in [-0.2, -0.15) is 0 Å². The van der Waals surface area contributed by atoms with Crippen molar-refractivity contribution < 1.29 is 0 Å². The van der Waals surface area contributed by atoms with Crippen molar-refractivity contribution in [3.63, 3.8) is 0 Å². The zero-order chi connectivity index (χ0) is 8.06. The van der Waals surface area contributed by atoms with Crippen LogP contribution >= 0.6 is 0 Å². The smallest absolute Gasteiger partial charge is 0.0620 e. The standard InChI is InChI=1S/C9H14B2/c1-9(10,11)8-4-6-2-7(3-6)5-8/h6-8H,2-5H2,1H3. The summed E-state index contributed by atoms with van der Waals surface area (Å²) in [6, 6.07) is 0. The van der Waals surface area contributed by atoms with Gasteiger partial charge >= 0.3 is 0 Å². The third-order valence-electron chi connectivity index (χ3n) is 3.45. The predicted molar refractivity (Wildman–Crippen MR) is 48.8 cm³/mol. The van der Waals surface area contributed by atoms with Crippen molar-refractivity contribution in [3.05, 3.63) is 0 Å². The van der Waals surface area contributed by atoms with E-state index in [1.165, 1.54) is 25.7 Å². The van der Waals surface area contributed by atoms with E-state index in [1.54, 1.807) is 0 Å². The van der Waals surface area contributed by atoms with Crippen molar-refractivity contribution in [1.82, 2.24) is 0 Å². The second-order valence-corrected chi connectivity index (χ2v) is 4.74. The molecular formula is C9H14B2. The minimum atomic E-state index is -0.419. The van der Waals surface area contributed by atoms with Crippen LogP contribution in [0.3, 0.4) is 0 Å². The lowest BCUT2D eigenvalue weighted by molar-refractivity contribution is 0.0607. The molecule has 0 atom stereocenters. The zero-order valence-electron chi connectivity index (χ0n) is 7.22. The summed E-state index contributed by atoms with van der Waals surface area (Å²) in [5.41, 5.74) is 0. The Kier molecular flexibility index (Phi) is 1.63. The number of rotatable bonds is 1. The third kappa shape index (κ3) is 1.37. The summed E-state index contributed by atoms with van der Waals surface area (Å²) in [5, 5.41) is -0.419. The second-order valence-electron chi connectivity index (χ2n) is 4.74. The van der Waals surface area contributed by atoms with Crippen LogP contribution in [0.4, 0.5) is 0 Å². The van der Waals surface area contributed by atoms with Crippen LogP contribution in [-0.4, -0.2) is 15.7 Å². The van der Waals surface area contributed by atoms with Crippen LogP contribution in [0.15, 0.2) is 0 Å². The van der Waals surface area contributed by atoms with Gasteiger partial charge in [-0.3, -0.25) is 0 Å². The highest BCUT2D eigenvalue weighted by atomic mass is 14.4. The van der Waals surface area contributed by atoms with Gasteiger partial charge in [-0.25, -0.2) is 0 Å². The summed E-state index contributed by atoms with van der Waals surface area (Å²) in [4.78, 5) is 0. The molecule has 3 saturated carbocycles. The van der Waals surface area contributed by atoms with Gasteiger partial charge in [0.1, 0.15) is 0 Å². The van der Waals surface area contributed by atoms with Gasteiger partial charge in [-0.1, -0.05) is 18.1 Å². The molecule has 0 spiro atoms. The average molecular weight is 144 g/mol. The molecular weight excluding hydrogens is 130 g/mol. The molecule has 0 aromatic carbocycles. The van der Waals surface area contributed by atoms with Crippen molar-refractivity contribution in [3.8, 4) is 0 Å². The molecule has 56 valence electrons. The van der Waals surface area contributed by atoms with E-state index in [-0.39, 0.29) is 0 Å². The summed E-state index contributed by atoms with van der Waals surface area (Å²) in [5.74, 6) is 2.51. The molecule has 2 heteroatoms. The van der Waals surface area contributed by atoms with Crippen LogP contribution in [0.1, 0.15) is 32.6 Å². The van der Waals surface area contributed by atoms with E-state index in [0.717, 1.165) is 11.8 Å². The van der Waals surface area contributed by atoms with Gasteiger partial charge in [-0.15, -0.1) is 0 Å². The highest BCUT2D eigenvalue weighted by Gasteiger charge is 2.41. The minimum absolute atomic E-state index is 0.419. The molecule has 0 N–H and O–H groups in total. The Hall–Kier alpha value is 0.130. The highest BCUT2D eigenvalue weighted by Crippen LogP contribution is 2.53. The van der Waals surface area contributed by atoms with Crippen molar-refractivity contribution >= 4 is 15.7 Å². The third-order valence-corrected chi connectivity index (χ3v) is 3.45. The van der Waals surface area contributed by atoms with Crippen molar-refractivity contribution in [2.75, 3.05) is 0 Å². The number of hydrogen-bond acceptors (Lipinski definition) is 0. The van der Waals surface area contributed by atoms with E-state index < -0.39 is 5.21 Å². The van der Waals surface area contributed by atoms with Gasteiger partial charge in [0.25, 0.3) is 0 Å². The van der Waals surface area contributed by atoms with Crippen LogP contribution in [0, 0.1) is 17.8 Å². The maximum absolute atomic E-state index is 5.87. The van der Waals surface area contributed by atoms with Gasteiger partial charge in [-0.05, 0) is 37.5 Å². The largest absolute Gasteiger partial charge is 0.0989 e. The molecule has 0 aliphatic heterocycles. The van der Waals surface area contributed by atoms with Crippen LogP contribution in [0.2, 0.25) is 5.21 Å². The van der Waals surface area contributed by atoms with E-state index >= 15 is 0 Å². The summed E-state index contributed by atoms with van der Waals surface area (Å²) in [6.07, 6.45) is 5.46. The van der Waals surface area contributed by atoms with Gasteiger partial charge < -0.3 is 0 Å². The molecule has 0 saturated heterocycles. The Balaban J connectivity index is 1.97. The van der Waals surface area contributed by atoms with Crippen LogP contribution in [0.25, 0.3) is 0 Å². The predicted octanol–water partition coefficient (Wildman–Crippen LogP) is 1.90. The Morgan fingerprint density at radius 2 is 1.45 bits per heavy atom. The normalized spacial score (nSPS) is 43.2. The molecule has 2 bridgehead atoms. The van der Waals surface area contributed by atoms with Crippen molar-refractivity contribution in [2.45, 2.75) is 37.8 Å². The molecule has 11 heavy (non-hydrogen) atoms. The highest BCUT2D eigenvalue weighted by molar-refractivity contribution is 6.39. The number of fused-ring (bicyclic) bond motifs is 2. The Labute approximate surface area is 72.0 Å². The molecule has 3 rings (SSSR count). The molecule has 0 unspecified atom stereocenters. The lowest BCUT2D eigenvalue weighted by Gasteiger charge is -2.50. The zero-order valence-corrected chi connectivity index (χ0v) is 7.22. The molecule has 0 amide bonds. The fourth-order valence-electron chi connectivity index (χ4n) is 2.67. The second kappa shape index (κ2) is 2.31. The van der Waals surface area contributed by atoms with E-state index in [2.05, 4.69) is 0 Å². The summed E-state index contributed by atoms with van der Waals surface area (Å²) in [6.45, 7) is 1.96. The Morgan fingerprint density at radius 3 is 1.73 bits per heavy atom. The molecule has 3 aliphatic carbocycles. The Morgan fingerprint density at radius 1 is 1.00 bits per heavy atom. The first-order valence-corrected chi connectivity index (χ1v) is 4.63. The fourth-order valence-corrected chi connectivity index (χ4v) is 2.67. The molecule has 0 aromatic heterocycles. The van der Waals surface area contributed by atoms with Crippen LogP contribution < -0.4 is 0 Å². The van der Waals surface area contributed by atoms with Crippen LogP contribution in [-0.2, 0) is 0 Å². The molecule has 4 radical (unpaired) electrons. The SMILES string of the molecule is [B]C([B])(C)C1CC2CC(C2)C1. The first-order chi connectivity index (χ1) is 5.05. The molecule has 3 fully saturated rings. The molecule has 0 heterocycles. The summed E-state index contributed by atoms with van der Waals surface area (Å²) < 4.78 is 0. The lowest BCUT2D eigenvalue weighted by Crippen LogP contribution is -2.38. The van der Waals surface area contributed by atoms with Crippen LogP contribution in [0.5, 0.6) is 0 Å². The first-order valence-electron chi connectivity index (χ1n) is 4.63. The Bertz CT molecular complexity index is 143. The van der Waals surface area contributed by atoms with E-state index in [1.807, 2.05) is 6.92 Å². The average Bonchev–Trinajstić information content (AvgIpc) is 1.84. The lowest BCUT2D eigenvalue weighted by atomic mass is 9.43. The topological polar surface area (TPSA) is 0 Å². The quantitative estimate of drug-likeness (QED) is 0.492. The minimum Gasteiger partial charge on any atom is -0.0989 e. The summed E-state index contributed by atoms with van der Waals surface area (Å²) >= 11 is 0. The van der Waals surface area contributed by atoms with E-state index in [4.69, 9.17) is 15.7 Å². The summed E-state index contributed by atoms with van der Waals surface area (Å²) in [7, 11) is 11.7. The maximum atomic E-state index is 5.87. The molecule has 3 aliphatic rings. The van der Waals surface area contributed by atoms with E-state index in [9.17, 15) is 0 Å². The monoisotopic (exact) mass is 144 g/mol. The van der Waals surface area contributed by atoms with Gasteiger partial charge in [0.15, 0.2) is 0 Å². The number of hydrogen-bond donors (Lipinski definition) is 0. The van der Waals surface area contributed by atoms with Crippen molar-refractivity contribution in [2.24, 2.45) is 17.8 Å². The van der Waals surface area contributed by atoms with Gasteiger partial charge in [0.2, 0.25) is 0 Å².